The first-order chi connectivity index (χ1) is 12.9. The van der Waals surface area contributed by atoms with Crippen LogP contribution in [0.1, 0.15) is 23.3 Å². The van der Waals surface area contributed by atoms with Crippen molar-refractivity contribution in [1.82, 2.24) is 15.4 Å². The average molecular weight is 424 g/mol. The first-order valence-electron chi connectivity index (χ1n) is 8.14. The summed E-state index contributed by atoms with van der Waals surface area (Å²) in [5, 5.41) is 19.2. The number of carbonyl (C=O) groups is 1. The van der Waals surface area contributed by atoms with Gasteiger partial charge < -0.3 is 15.2 Å². The molecule has 0 spiro atoms. The van der Waals surface area contributed by atoms with Crippen LogP contribution in [-0.4, -0.2) is 27.0 Å². The highest BCUT2D eigenvalue weighted by molar-refractivity contribution is 8.01. The van der Waals surface area contributed by atoms with Crippen molar-refractivity contribution in [2.75, 3.05) is 16.4 Å². The smallest absolute Gasteiger partial charge is 0.226 e. The number of benzene rings is 1. The summed E-state index contributed by atoms with van der Waals surface area (Å²) >= 11 is 9.20. The molecule has 0 atom stereocenters. The summed E-state index contributed by atoms with van der Waals surface area (Å²) in [5.41, 5.74) is 2.98. The van der Waals surface area contributed by atoms with Crippen molar-refractivity contribution in [3.63, 3.8) is 0 Å². The standard InChI is InChI=1S/C17H18ClN5O2S2/c1-9-6-10(2)15(12(18)7-9)20-16-21-22-17(27-16)26-5-4-14(24)19-13-8-11(3)25-23-13/h6-8H,4-5H2,1-3H3,(H,20,21)(H,19,23,24). The molecule has 0 radical (unpaired) electrons. The van der Waals surface area contributed by atoms with Gasteiger partial charge in [-0.05, 0) is 38.0 Å². The lowest BCUT2D eigenvalue weighted by molar-refractivity contribution is -0.115. The molecule has 3 aromatic rings. The van der Waals surface area contributed by atoms with Crippen LogP contribution in [0.2, 0.25) is 5.02 Å². The minimum Gasteiger partial charge on any atom is -0.360 e. The summed E-state index contributed by atoms with van der Waals surface area (Å²) in [6.07, 6.45) is 0.335. The van der Waals surface area contributed by atoms with Gasteiger partial charge >= 0.3 is 0 Å². The first kappa shape index (κ1) is 19.7. The van der Waals surface area contributed by atoms with Crippen LogP contribution in [0.25, 0.3) is 0 Å². The van der Waals surface area contributed by atoms with Crippen LogP contribution in [0.5, 0.6) is 0 Å². The van der Waals surface area contributed by atoms with Crippen LogP contribution in [0.4, 0.5) is 16.6 Å². The second-order valence-corrected chi connectivity index (χ2v) is 8.63. The molecule has 0 bridgehead atoms. The Hall–Kier alpha value is -2.10. The van der Waals surface area contributed by atoms with Crippen LogP contribution in [0.3, 0.4) is 0 Å². The van der Waals surface area contributed by atoms with Gasteiger partial charge in [0.25, 0.3) is 0 Å². The molecule has 10 heteroatoms. The summed E-state index contributed by atoms with van der Waals surface area (Å²) < 4.78 is 5.69. The van der Waals surface area contributed by atoms with Crippen LogP contribution in [0.15, 0.2) is 27.1 Å². The van der Waals surface area contributed by atoms with E-state index in [9.17, 15) is 4.79 Å². The van der Waals surface area contributed by atoms with E-state index in [1.165, 1.54) is 23.1 Å². The number of thioether (sulfide) groups is 1. The maximum absolute atomic E-state index is 11.9. The van der Waals surface area contributed by atoms with E-state index >= 15 is 0 Å². The van der Waals surface area contributed by atoms with Gasteiger partial charge in [-0.2, -0.15) is 0 Å². The largest absolute Gasteiger partial charge is 0.360 e. The lowest BCUT2D eigenvalue weighted by Crippen LogP contribution is -2.12. The Bertz CT molecular complexity index is 933. The number of carbonyl (C=O) groups excluding carboxylic acids is 1. The molecule has 0 aliphatic heterocycles. The Kier molecular flexibility index (Phi) is 6.35. The van der Waals surface area contributed by atoms with Crippen LogP contribution >= 0.6 is 34.7 Å². The van der Waals surface area contributed by atoms with Gasteiger partial charge in [0.2, 0.25) is 11.0 Å². The van der Waals surface area contributed by atoms with Crippen molar-refractivity contribution in [2.24, 2.45) is 0 Å². The monoisotopic (exact) mass is 423 g/mol. The van der Waals surface area contributed by atoms with Gasteiger partial charge in [-0.3, -0.25) is 4.79 Å². The number of hydrogen-bond donors (Lipinski definition) is 2. The van der Waals surface area contributed by atoms with Gasteiger partial charge in [-0.25, -0.2) is 0 Å². The number of hydrogen-bond acceptors (Lipinski definition) is 8. The van der Waals surface area contributed by atoms with Crippen molar-refractivity contribution >= 4 is 57.2 Å². The molecule has 0 aliphatic rings. The molecule has 27 heavy (non-hydrogen) atoms. The number of halogens is 1. The molecular formula is C17H18ClN5O2S2. The topological polar surface area (TPSA) is 92.9 Å². The third kappa shape index (κ3) is 5.44. The number of anilines is 3. The first-order valence-corrected chi connectivity index (χ1v) is 10.3. The summed E-state index contributed by atoms with van der Waals surface area (Å²) in [7, 11) is 0. The SMILES string of the molecule is Cc1cc(C)c(Nc2nnc(SCCC(=O)Nc3cc(C)on3)s2)c(Cl)c1. The zero-order chi connectivity index (χ0) is 19.4. The number of rotatable bonds is 7. The van der Waals surface area contributed by atoms with E-state index in [0.29, 0.717) is 33.9 Å². The maximum atomic E-state index is 11.9. The molecule has 7 nitrogen and oxygen atoms in total. The van der Waals surface area contributed by atoms with Gasteiger partial charge in [0.15, 0.2) is 10.2 Å². The van der Waals surface area contributed by atoms with Crippen molar-refractivity contribution in [1.29, 1.82) is 0 Å². The Morgan fingerprint density at radius 2 is 2.07 bits per heavy atom. The summed E-state index contributed by atoms with van der Waals surface area (Å²) in [4.78, 5) is 11.9. The van der Waals surface area contributed by atoms with Crippen molar-refractivity contribution in [2.45, 2.75) is 31.5 Å². The quantitative estimate of drug-likeness (QED) is 0.518. The molecule has 3 rings (SSSR count). The Balaban J connectivity index is 1.50. The normalized spacial score (nSPS) is 10.8. The average Bonchev–Trinajstić information content (AvgIpc) is 3.20. The third-order valence-electron chi connectivity index (χ3n) is 3.52. The fourth-order valence-corrected chi connectivity index (χ4v) is 4.49. The minimum absolute atomic E-state index is 0.124. The number of aromatic nitrogens is 3. The van der Waals surface area contributed by atoms with Gasteiger partial charge in [0, 0.05) is 18.2 Å². The van der Waals surface area contributed by atoms with E-state index in [0.717, 1.165) is 21.2 Å². The zero-order valence-electron chi connectivity index (χ0n) is 15.0. The number of nitrogens with one attached hydrogen (secondary N) is 2. The molecular weight excluding hydrogens is 406 g/mol. The van der Waals surface area contributed by atoms with Crippen LogP contribution < -0.4 is 10.6 Å². The van der Waals surface area contributed by atoms with Crippen LogP contribution in [-0.2, 0) is 4.79 Å². The Labute approximate surface area is 169 Å². The molecule has 2 aromatic heterocycles. The summed E-state index contributed by atoms with van der Waals surface area (Å²) in [6, 6.07) is 5.63. The minimum atomic E-state index is -0.124. The lowest BCUT2D eigenvalue weighted by Gasteiger charge is -2.09. The van der Waals surface area contributed by atoms with Crippen molar-refractivity contribution in [3.05, 3.63) is 40.1 Å². The summed E-state index contributed by atoms with van der Waals surface area (Å²) in [5.74, 6) is 1.54. The van der Waals surface area contributed by atoms with Crippen molar-refractivity contribution < 1.29 is 9.32 Å². The van der Waals surface area contributed by atoms with Gasteiger partial charge in [-0.1, -0.05) is 45.9 Å². The Morgan fingerprint density at radius 1 is 1.26 bits per heavy atom. The van der Waals surface area contributed by atoms with Gasteiger partial charge in [0.05, 0.1) is 10.7 Å². The number of amides is 1. The molecule has 0 saturated carbocycles. The fraction of sp³-hybridized carbons (Fsp3) is 0.294. The molecule has 2 heterocycles. The molecule has 0 saturated heterocycles. The predicted octanol–water partition coefficient (Wildman–Crippen LogP) is 4.97. The van der Waals surface area contributed by atoms with E-state index in [-0.39, 0.29) is 5.91 Å². The van der Waals surface area contributed by atoms with Crippen molar-refractivity contribution in [3.8, 4) is 0 Å². The maximum Gasteiger partial charge on any atom is 0.226 e. The van der Waals surface area contributed by atoms with Gasteiger partial charge in [0.1, 0.15) is 5.76 Å². The van der Waals surface area contributed by atoms with E-state index in [4.69, 9.17) is 16.1 Å². The highest BCUT2D eigenvalue weighted by atomic mass is 35.5. The Morgan fingerprint density at radius 3 is 2.78 bits per heavy atom. The molecule has 2 N–H and O–H groups in total. The molecule has 0 unspecified atom stereocenters. The highest BCUT2D eigenvalue weighted by Gasteiger charge is 2.11. The van der Waals surface area contributed by atoms with E-state index < -0.39 is 0 Å². The third-order valence-corrected chi connectivity index (χ3v) is 5.79. The molecule has 1 aromatic carbocycles. The second kappa shape index (κ2) is 8.73. The number of aryl methyl sites for hydroxylation is 3. The van der Waals surface area contributed by atoms with E-state index in [2.05, 4.69) is 32.1 Å². The van der Waals surface area contributed by atoms with Crippen LogP contribution in [0, 0.1) is 20.8 Å². The highest BCUT2D eigenvalue weighted by Crippen LogP contribution is 2.33. The van der Waals surface area contributed by atoms with E-state index in [1.54, 1.807) is 13.0 Å². The fourth-order valence-electron chi connectivity index (χ4n) is 2.36. The molecule has 0 fully saturated rings. The summed E-state index contributed by atoms with van der Waals surface area (Å²) in [6.45, 7) is 5.76. The molecule has 0 aliphatic carbocycles. The second-order valence-electron chi connectivity index (χ2n) is 5.91. The lowest BCUT2D eigenvalue weighted by atomic mass is 10.1. The molecule has 142 valence electrons. The number of nitrogens with zero attached hydrogens (tertiary/aromatic N) is 3. The van der Waals surface area contributed by atoms with E-state index in [1.807, 2.05) is 19.9 Å². The van der Waals surface area contributed by atoms with Gasteiger partial charge in [-0.15, -0.1) is 10.2 Å². The zero-order valence-corrected chi connectivity index (χ0v) is 17.4. The predicted molar refractivity (Wildman–Crippen MR) is 109 cm³/mol. The molecule has 1 amide bonds.